The lowest BCUT2D eigenvalue weighted by Gasteiger charge is -2.11. The first-order valence-corrected chi connectivity index (χ1v) is 7.58. The second kappa shape index (κ2) is 8.01. The van der Waals surface area contributed by atoms with Crippen LogP contribution >= 0.6 is 0 Å². The van der Waals surface area contributed by atoms with Crippen molar-refractivity contribution in [2.24, 2.45) is 5.73 Å². The maximum absolute atomic E-state index is 12.2. The van der Waals surface area contributed by atoms with Crippen molar-refractivity contribution in [2.45, 2.75) is 13.3 Å². The number of urea groups is 1. The molecule has 6 nitrogen and oxygen atoms in total. The van der Waals surface area contributed by atoms with Gasteiger partial charge in [0, 0.05) is 17.8 Å². The molecule has 4 N–H and O–H groups in total. The Morgan fingerprint density at radius 2 is 1.96 bits per heavy atom. The average molecular weight is 327 g/mol. The molecule has 0 atom stereocenters. The Hall–Kier alpha value is -3.02. The van der Waals surface area contributed by atoms with Crippen LogP contribution in [0.5, 0.6) is 5.75 Å². The van der Waals surface area contributed by atoms with Gasteiger partial charge in [-0.3, -0.25) is 4.79 Å². The zero-order valence-electron chi connectivity index (χ0n) is 13.8. The zero-order chi connectivity index (χ0) is 17.5. The van der Waals surface area contributed by atoms with Crippen molar-refractivity contribution >= 4 is 17.6 Å². The Bertz CT molecular complexity index is 744. The molecule has 2 rings (SSSR count). The standard InChI is InChI=1S/C18H21N3O3/c1-12-6-7-16(24-2)13(10-12)8-9-20-17(22)14-4-3-5-15(11-14)21-18(19)23/h3-7,10-11H,8-9H2,1-2H3,(H,20,22)(H3,19,21,23). The van der Waals surface area contributed by atoms with Gasteiger partial charge in [-0.25, -0.2) is 4.79 Å². The van der Waals surface area contributed by atoms with Gasteiger partial charge in [-0.2, -0.15) is 0 Å². The number of hydrogen-bond donors (Lipinski definition) is 3. The summed E-state index contributed by atoms with van der Waals surface area (Å²) in [6, 6.07) is 11.9. The first-order valence-electron chi connectivity index (χ1n) is 7.58. The van der Waals surface area contributed by atoms with Gasteiger partial charge in [0.2, 0.25) is 0 Å². The molecule has 24 heavy (non-hydrogen) atoms. The van der Waals surface area contributed by atoms with E-state index in [1.54, 1.807) is 31.4 Å². The van der Waals surface area contributed by atoms with Gasteiger partial charge in [0.15, 0.2) is 0 Å². The molecule has 0 heterocycles. The lowest BCUT2D eigenvalue weighted by molar-refractivity contribution is 0.0954. The van der Waals surface area contributed by atoms with Crippen LogP contribution in [0.3, 0.4) is 0 Å². The highest BCUT2D eigenvalue weighted by Crippen LogP contribution is 2.19. The van der Waals surface area contributed by atoms with Crippen LogP contribution in [0.25, 0.3) is 0 Å². The Kier molecular flexibility index (Phi) is 5.78. The Balaban J connectivity index is 1.96. The van der Waals surface area contributed by atoms with Crippen LogP contribution < -0.4 is 21.1 Å². The number of carbonyl (C=O) groups is 2. The molecule has 2 aromatic carbocycles. The van der Waals surface area contributed by atoms with Crippen molar-refractivity contribution in [3.63, 3.8) is 0 Å². The minimum Gasteiger partial charge on any atom is -0.496 e. The van der Waals surface area contributed by atoms with E-state index >= 15 is 0 Å². The number of benzene rings is 2. The molecule has 0 aromatic heterocycles. The summed E-state index contributed by atoms with van der Waals surface area (Å²) in [5, 5.41) is 5.31. The van der Waals surface area contributed by atoms with Gasteiger partial charge in [-0.05, 0) is 43.2 Å². The SMILES string of the molecule is COc1ccc(C)cc1CCNC(=O)c1cccc(NC(N)=O)c1. The lowest BCUT2D eigenvalue weighted by atomic mass is 10.1. The van der Waals surface area contributed by atoms with Crippen molar-refractivity contribution in [1.82, 2.24) is 5.32 Å². The summed E-state index contributed by atoms with van der Waals surface area (Å²) in [6.07, 6.45) is 0.663. The number of rotatable bonds is 6. The molecule has 0 saturated heterocycles. The highest BCUT2D eigenvalue weighted by molar-refractivity contribution is 5.96. The Morgan fingerprint density at radius 1 is 1.17 bits per heavy atom. The number of anilines is 1. The second-order valence-corrected chi connectivity index (χ2v) is 5.39. The summed E-state index contributed by atoms with van der Waals surface area (Å²) >= 11 is 0. The fourth-order valence-corrected chi connectivity index (χ4v) is 2.40. The summed E-state index contributed by atoms with van der Waals surface area (Å²) in [4.78, 5) is 23.1. The van der Waals surface area contributed by atoms with E-state index in [1.165, 1.54) is 0 Å². The number of amides is 3. The molecule has 2 aromatic rings. The number of hydrogen-bond acceptors (Lipinski definition) is 3. The molecule has 0 spiro atoms. The van der Waals surface area contributed by atoms with Gasteiger partial charge in [-0.1, -0.05) is 23.8 Å². The zero-order valence-corrected chi connectivity index (χ0v) is 13.8. The molecule has 0 aliphatic rings. The smallest absolute Gasteiger partial charge is 0.316 e. The van der Waals surface area contributed by atoms with Crippen LogP contribution in [-0.4, -0.2) is 25.6 Å². The average Bonchev–Trinajstić information content (AvgIpc) is 2.54. The van der Waals surface area contributed by atoms with Gasteiger partial charge in [0.1, 0.15) is 5.75 Å². The van der Waals surface area contributed by atoms with Crippen molar-refractivity contribution < 1.29 is 14.3 Å². The summed E-state index contributed by atoms with van der Waals surface area (Å²) in [7, 11) is 1.63. The molecule has 0 aliphatic heterocycles. The number of carbonyl (C=O) groups excluding carboxylic acids is 2. The van der Waals surface area contributed by atoms with Crippen molar-refractivity contribution in [1.29, 1.82) is 0 Å². The molecule has 126 valence electrons. The fourth-order valence-electron chi connectivity index (χ4n) is 2.40. The summed E-state index contributed by atoms with van der Waals surface area (Å²) < 4.78 is 5.33. The molecular formula is C18H21N3O3. The molecule has 0 radical (unpaired) electrons. The minimum absolute atomic E-state index is 0.213. The van der Waals surface area contributed by atoms with Gasteiger partial charge >= 0.3 is 6.03 Å². The monoisotopic (exact) mass is 327 g/mol. The van der Waals surface area contributed by atoms with E-state index in [1.807, 2.05) is 25.1 Å². The van der Waals surface area contributed by atoms with E-state index in [2.05, 4.69) is 10.6 Å². The summed E-state index contributed by atoms with van der Waals surface area (Å²) in [6.45, 7) is 2.49. The lowest BCUT2D eigenvalue weighted by Crippen LogP contribution is -2.26. The van der Waals surface area contributed by atoms with Crippen LogP contribution in [0.2, 0.25) is 0 Å². The molecule has 3 amide bonds. The van der Waals surface area contributed by atoms with E-state index < -0.39 is 6.03 Å². The largest absolute Gasteiger partial charge is 0.496 e. The predicted octanol–water partition coefficient (Wildman–Crippen LogP) is 2.47. The van der Waals surface area contributed by atoms with Crippen molar-refractivity contribution in [3.8, 4) is 5.75 Å². The molecule has 0 fully saturated rings. The van der Waals surface area contributed by atoms with Crippen LogP contribution in [0.15, 0.2) is 42.5 Å². The number of aryl methyl sites for hydroxylation is 1. The van der Waals surface area contributed by atoms with Crippen LogP contribution in [0, 0.1) is 6.92 Å². The van der Waals surface area contributed by atoms with Crippen LogP contribution in [-0.2, 0) is 6.42 Å². The summed E-state index contributed by atoms with van der Waals surface area (Å²) in [5.41, 5.74) is 8.19. The molecule has 0 bridgehead atoms. The predicted molar refractivity (Wildman–Crippen MR) is 93.4 cm³/mol. The van der Waals surface area contributed by atoms with E-state index in [4.69, 9.17) is 10.5 Å². The van der Waals surface area contributed by atoms with E-state index in [0.717, 1.165) is 16.9 Å². The third-order valence-corrected chi connectivity index (χ3v) is 3.51. The van der Waals surface area contributed by atoms with Gasteiger partial charge in [0.25, 0.3) is 5.91 Å². The molecular weight excluding hydrogens is 306 g/mol. The Morgan fingerprint density at radius 3 is 2.67 bits per heavy atom. The number of nitrogens with two attached hydrogens (primary N) is 1. The van der Waals surface area contributed by atoms with Crippen LogP contribution in [0.4, 0.5) is 10.5 Å². The van der Waals surface area contributed by atoms with Gasteiger partial charge < -0.3 is 21.1 Å². The topological polar surface area (TPSA) is 93.4 Å². The van der Waals surface area contributed by atoms with E-state index in [0.29, 0.717) is 24.2 Å². The highest BCUT2D eigenvalue weighted by Gasteiger charge is 2.08. The highest BCUT2D eigenvalue weighted by atomic mass is 16.5. The minimum atomic E-state index is -0.667. The maximum Gasteiger partial charge on any atom is 0.316 e. The third kappa shape index (κ3) is 4.74. The Labute approximate surface area is 141 Å². The molecule has 6 heteroatoms. The first kappa shape index (κ1) is 17.3. The second-order valence-electron chi connectivity index (χ2n) is 5.39. The number of methoxy groups -OCH3 is 1. The number of ether oxygens (including phenoxy) is 1. The number of nitrogens with one attached hydrogen (secondary N) is 2. The summed E-state index contributed by atoms with van der Waals surface area (Å²) in [5.74, 6) is 0.595. The van der Waals surface area contributed by atoms with E-state index in [9.17, 15) is 9.59 Å². The first-order chi connectivity index (χ1) is 11.5. The quantitative estimate of drug-likeness (QED) is 0.761. The molecule has 0 aliphatic carbocycles. The van der Waals surface area contributed by atoms with E-state index in [-0.39, 0.29) is 5.91 Å². The van der Waals surface area contributed by atoms with Crippen molar-refractivity contribution in [2.75, 3.05) is 19.0 Å². The van der Waals surface area contributed by atoms with Crippen LogP contribution in [0.1, 0.15) is 21.5 Å². The van der Waals surface area contributed by atoms with Gasteiger partial charge in [-0.15, -0.1) is 0 Å². The molecule has 0 saturated carbocycles. The van der Waals surface area contributed by atoms with Crippen molar-refractivity contribution in [3.05, 3.63) is 59.2 Å². The fraction of sp³-hybridized carbons (Fsp3) is 0.222. The normalized spacial score (nSPS) is 10.1. The maximum atomic E-state index is 12.2. The number of primary amides is 1. The van der Waals surface area contributed by atoms with Gasteiger partial charge in [0.05, 0.1) is 7.11 Å². The molecule has 0 unspecified atom stereocenters. The third-order valence-electron chi connectivity index (χ3n) is 3.51.